The molecule has 3 nitrogen and oxygen atoms in total. The number of hydrogen-bond acceptors (Lipinski definition) is 3. The minimum absolute atomic E-state index is 0. The smallest absolute Gasteiger partial charge is 0.748 e. The summed E-state index contributed by atoms with van der Waals surface area (Å²) in [6, 6.07) is 0. The molecule has 0 radical (unpaired) electrons. The predicted molar refractivity (Wildman–Crippen MR) is 103 cm³/mol. The van der Waals surface area contributed by atoms with Crippen LogP contribution in [0, 0.1) is 0 Å². The maximum Gasteiger partial charge on any atom is 1.00 e. The van der Waals surface area contributed by atoms with E-state index in [1.165, 1.54) is 96.0 Å². The fraction of sp³-hybridized carbons (Fsp3) is 0.900. The average Bonchev–Trinajstić information content (AvgIpc) is 2.52. The first-order valence-electron chi connectivity index (χ1n) is 10.1. The maximum absolute atomic E-state index is 10.4. The van der Waals surface area contributed by atoms with Gasteiger partial charge in [-0.2, -0.15) is 0 Å². The van der Waals surface area contributed by atoms with Gasteiger partial charge >= 0.3 is 29.6 Å². The van der Waals surface area contributed by atoms with Crippen molar-refractivity contribution in [1.82, 2.24) is 0 Å². The molecule has 144 valence electrons. The molecule has 0 aromatic heterocycles. The van der Waals surface area contributed by atoms with Gasteiger partial charge in [-0.3, -0.25) is 0 Å². The van der Waals surface area contributed by atoms with Crippen LogP contribution in [0.2, 0.25) is 0 Å². The van der Waals surface area contributed by atoms with Gasteiger partial charge in [0.15, 0.2) is 0 Å². The van der Waals surface area contributed by atoms with Crippen molar-refractivity contribution < 1.29 is 42.5 Å². The Morgan fingerprint density at radius 1 is 0.640 bits per heavy atom. The summed E-state index contributed by atoms with van der Waals surface area (Å²) < 4.78 is 31.2. The number of hydrogen-bond donors (Lipinski definition) is 0. The van der Waals surface area contributed by atoms with Crippen molar-refractivity contribution in [3.63, 3.8) is 0 Å². The summed E-state index contributed by atoms with van der Waals surface area (Å²) in [7, 11) is -4.08. The Bertz CT molecular complexity index is 380. The van der Waals surface area contributed by atoms with Crippen LogP contribution >= 0.6 is 0 Å². The molecule has 0 fully saturated rings. The van der Waals surface area contributed by atoms with Crippen LogP contribution in [0.15, 0.2) is 12.2 Å². The molecule has 0 aromatic rings. The molecular weight excluding hydrogens is 343 g/mol. The summed E-state index contributed by atoms with van der Waals surface area (Å²) in [5.41, 5.74) is 0. The van der Waals surface area contributed by atoms with Gasteiger partial charge in [-0.25, -0.2) is 8.42 Å². The van der Waals surface area contributed by atoms with Crippen LogP contribution in [0.4, 0.5) is 0 Å². The van der Waals surface area contributed by atoms with Crippen LogP contribution in [0.25, 0.3) is 0 Å². The normalized spacial score (nSPS) is 11.8. The second kappa shape index (κ2) is 21.0. The molecule has 0 aliphatic heterocycles. The van der Waals surface area contributed by atoms with Gasteiger partial charge in [-0.1, -0.05) is 109 Å². The first-order valence-corrected chi connectivity index (χ1v) is 11.7. The molecule has 0 N–H and O–H groups in total. The van der Waals surface area contributed by atoms with Gasteiger partial charge in [-0.05, 0) is 12.8 Å². The monoisotopic (exact) mass is 382 g/mol. The summed E-state index contributed by atoms with van der Waals surface area (Å²) in [5.74, 6) is -0.369. The van der Waals surface area contributed by atoms with Crippen LogP contribution in [-0.2, 0) is 10.1 Å². The second-order valence-corrected chi connectivity index (χ2v) is 8.38. The number of allylic oxidation sites excluding steroid dienone is 1. The van der Waals surface area contributed by atoms with Crippen molar-refractivity contribution >= 4 is 10.1 Å². The van der Waals surface area contributed by atoms with E-state index < -0.39 is 10.1 Å². The van der Waals surface area contributed by atoms with Gasteiger partial charge in [0, 0.05) is 0 Å². The Hall–Kier alpha value is 0.650. The van der Waals surface area contributed by atoms with Crippen LogP contribution < -0.4 is 29.6 Å². The van der Waals surface area contributed by atoms with Gasteiger partial charge in [-0.15, -0.1) is 0 Å². The van der Waals surface area contributed by atoms with Gasteiger partial charge in [0.25, 0.3) is 0 Å². The standard InChI is InChI=1S/C20H40O3S.Na/c1-2-3-4-5-6-7-8-9-10-11-12-13-14-15-16-17-18-19-20-24(21,22)23;/h18-19H,2-17,20H2,1H3,(H,21,22,23);/q;+1/p-1. The molecule has 0 atom stereocenters. The van der Waals surface area contributed by atoms with E-state index in [0.717, 1.165) is 12.8 Å². The SMILES string of the molecule is CCCCCCCCCCCCCCCCCC=CCS(=O)(=O)[O-].[Na+]. The molecule has 0 aliphatic rings. The third-order valence-electron chi connectivity index (χ3n) is 4.44. The zero-order valence-electron chi connectivity index (χ0n) is 16.8. The number of rotatable bonds is 18. The van der Waals surface area contributed by atoms with E-state index >= 15 is 0 Å². The van der Waals surface area contributed by atoms with E-state index in [9.17, 15) is 13.0 Å². The zero-order chi connectivity index (χ0) is 17.9. The zero-order valence-corrected chi connectivity index (χ0v) is 19.6. The van der Waals surface area contributed by atoms with E-state index in [1.54, 1.807) is 0 Å². The molecule has 0 aliphatic carbocycles. The van der Waals surface area contributed by atoms with Gasteiger partial charge in [0.1, 0.15) is 0 Å². The first-order chi connectivity index (χ1) is 11.6. The van der Waals surface area contributed by atoms with E-state index in [0.29, 0.717) is 0 Å². The predicted octanol–water partition coefficient (Wildman–Crippen LogP) is 3.35. The van der Waals surface area contributed by atoms with Crippen LogP contribution in [0.1, 0.15) is 110 Å². The van der Waals surface area contributed by atoms with Gasteiger partial charge in [0.2, 0.25) is 0 Å². The Morgan fingerprint density at radius 3 is 1.36 bits per heavy atom. The fourth-order valence-electron chi connectivity index (χ4n) is 2.94. The Balaban J connectivity index is 0. The Morgan fingerprint density at radius 2 is 1.00 bits per heavy atom. The van der Waals surface area contributed by atoms with Crippen LogP contribution in [0.5, 0.6) is 0 Å². The molecule has 0 saturated heterocycles. The Kier molecular flexibility index (Phi) is 23.4. The molecule has 0 rings (SSSR count). The molecule has 0 aromatic carbocycles. The third-order valence-corrected chi connectivity index (χ3v) is 5.04. The average molecular weight is 383 g/mol. The van der Waals surface area contributed by atoms with E-state index in [2.05, 4.69) is 6.92 Å². The molecule has 0 bridgehead atoms. The molecule has 25 heavy (non-hydrogen) atoms. The third kappa shape index (κ3) is 27.0. The largest absolute Gasteiger partial charge is 1.00 e. The van der Waals surface area contributed by atoms with Crippen molar-refractivity contribution in [2.24, 2.45) is 0 Å². The molecule has 0 heterocycles. The van der Waals surface area contributed by atoms with Gasteiger partial charge in [0.05, 0.1) is 15.9 Å². The van der Waals surface area contributed by atoms with Crippen LogP contribution in [-0.4, -0.2) is 18.7 Å². The first kappa shape index (κ1) is 27.9. The maximum atomic E-state index is 10.4. The summed E-state index contributed by atoms with van der Waals surface area (Å²) in [6.45, 7) is 2.27. The van der Waals surface area contributed by atoms with E-state index in [4.69, 9.17) is 0 Å². The van der Waals surface area contributed by atoms with E-state index in [1.807, 2.05) is 6.08 Å². The molecule has 0 amide bonds. The molecule has 0 unspecified atom stereocenters. The second-order valence-electron chi connectivity index (χ2n) is 6.93. The summed E-state index contributed by atoms with van der Waals surface area (Å²) in [6.07, 6.45) is 24.4. The molecule has 5 heteroatoms. The molecular formula is C20H39NaO3S. The van der Waals surface area contributed by atoms with Crippen molar-refractivity contribution in [2.45, 2.75) is 110 Å². The quantitative estimate of drug-likeness (QED) is 0.158. The van der Waals surface area contributed by atoms with E-state index in [-0.39, 0.29) is 35.3 Å². The van der Waals surface area contributed by atoms with Crippen molar-refractivity contribution in [1.29, 1.82) is 0 Å². The molecule has 0 spiro atoms. The van der Waals surface area contributed by atoms with Gasteiger partial charge < -0.3 is 4.55 Å². The minimum Gasteiger partial charge on any atom is -0.748 e. The summed E-state index contributed by atoms with van der Waals surface area (Å²) in [5, 5.41) is 0. The van der Waals surface area contributed by atoms with Crippen molar-refractivity contribution in [2.75, 3.05) is 5.75 Å². The van der Waals surface area contributed by atoms with Crippen molar-refractivity contribution in [3.8, 4) is 0 Å². The summed E-state index contributed by atoms with van der Waals surface area (Å²) in [4.78, 5) is 0. The number of unbranched alkanes of at least 4 members (excludes halogenated alkanes) is 15. The fourth-order valence-corrected chi connectivity index (χ4v) is 3.31. The minimum atomic E-state index is -4.08. The van der Waals surface area contributed by atoms with Crippen LogP contribution in [0.3, 0.4) is 0 Å². The summed E-state index contributed by atoms with van der Waals surface area (Å²) >= 11 is 0. The molecule has 0 saturated carbocycles. The Labute approximate surface area is 179 Å². The van der Waals surface area contributed by atoms with Crippen molar-refractivity contribution in [3.05, 3.63) is 12.2 Å². The topological polar surface area (TPSA) is 57.2 Å².